The summed E-state index contributed by atoms with van der Waals surface area (Å²) >= 11 is 0. The van der Waals surface area contributed by atoms with Gasteiger partial charge < -0.3 is 14.6 Å². The highest BCUT2D eigenvalue weighted by atomic mass is 16.5. The number of hydrogen-bond donors (Lipinski definition) is 1. The Labute approximate surface area is 113 Å². The van der Waals surface area contributed by atoms with Gasteiger partial charge in [-0.15, -0.1) is 0 Å². The second-order valence-corrected chi connectivity index (χ2v) is 4.77. The van der Waals surface area contributed by atoms with Gasteiger partial charge in [0.1, 0.15) is 12.4 Å². The van der Waals surface area contributed by atoms with Crippen LogP contribution in [0.2, 0.25) is 0 Å². The maximum Gasteiger partial charge on any atom is 0.161 e. The molecule has 0 bridgehead atoms. The van der Waals surface area contributed by atoms with Gasteiger partial charge in [0.15, 0.2) is 11.5 Å². The number of hydrogen-bond acceptors (Lipinski definition) is 4. The highest BCUT2D eigenvalue weighted by Crippen LogP contribution is 2.32. The molecule has 19 heavy (non-hydrogen) atoms. The first-order valence-corrected chi connectivity index (χ1v) is 6.81. The highest BCUT2D eigenvalue weighted by molar-refractivity contribution is 5.76. The summed E-state index contributed by atoms with van der Waals surface area (Å²) in [4.78, 5) is 10.8. The van der Waals surface area contributed by atoms with Crippen LogP contribution < -0.4 is 9.47 Å². The van der Waals surface area contributed by atoms with Gasteiger partial charge in [0.25, 0.3) is 0 Å². The smallest absolute Gasteiger partial charge is 0.161 e. The Morgan fingerprint density at radius 3 is 2.79 bits per heavy atom. The van der Waals surface area contributed by atoms with E-state index in [-0.39, 0.29) is 6.10 Å². The molecule has 104 valence electrons. The van der Waals surface area contributed by atoms with Gasteiger partial charge in [-0.25, -0.2) is 0 Å². The van der Waals surface area contributed by atoms with Gasteiger partial charge >= 0.3 is 0 Å². The number of aldehydes is 1. The Kier molecular flexibility index (Phi) is 4.80. The molecule has 4 nitrogen and oxygen atoms in total. The number of ether oxygens (including phenoxy) is 2. The molecule has 2 atom stereocenters. The molecule has 0 radical (unpaired) electrons. The Hall–Kier alpha value is -1.55. The fraction of sp³-hybridized carbons (Fsp3) is 0.533. The molecule has 2 unspecified atom stereocenters. The second kappa shape index (κ2) is 6.57. The van der Waals surface area contributed by atoms with E-state index in [0.29, 0.717) is 23.7 Å². The molecular formula is C15H20O4. The molecule has 4 heteroatoms. The first kappa shape index (κ1) is 13.9. The third-order valence-corrected chi connectivity index (χ3v) is 3.35. The van der Waals surface area contributed by atoms with Crippen LogP contribution in [0.5, 0.6) is 11.5 Å². The van der Waals surface area contributed by atoms with Crippen molar-refractivity contribution in [2.75, 3.05) is 6.61 Å². The van der Waals surface area contributed by atoms with E-state index >= 15 is 0 Å². The van der Waals surface area contributed by atoms with E-state index in [1.165, 1.54) is 0 Å². The standard InChI is InChI=1S/C15H20O4/c1-2-18-15-9-11(10-16)7-8-14(15)19-13-6-4-3-5-12(13)17/h7-10,12-13,17H,2-6H2,1H3. The molecule has 0 aromatic heterocycles. The summed E-state index contributed by atoms with van der Waals surface area (Å²) in [7, 11) is 0. The zero-order valence-electron chi connectivity index (χ0n) is 11.2. The number of carbonyl (C=O) groups is 1. The van der Waals surface area contributed by atoms with E-state index in [4.69, 9.17) is 9.47 Å². The molecule has 1 N–H and O–H groups in total. The van der Waals surface area contributed by atoms with Gasteiger partial charge in [-0.1, -0.05) is 6.42 Å². The Morgan fingerprint density at radius 1 is 1.32 bits per heavy atom. The van der Waals surface area contributed by atoms with Crippen LogP contribution in [0.1, 0.15) is 43.0 Å². The van der Waals surface area contributed by atoms with Crippen LogP contribution in [0.3, 0.4) is 0 Å². The molecule has 2 rings (SSSR count). The van der Waals surface area contributed by atoms with Crippen LogP contribution >= 0.6 is 0 Å². The average molecular weight is 264 g/mol. The normalized spacial score (nSPS) is 22.8. The van der Waals surface area contributed by atoms with Gasteiger partial charge in [0.2, 0.25) is 0 Å². The average Bonchev–Trinajstić information content (AvgIpc) is 2.43. The minimum atomic E-state index is -0.422. The first-order valence-electron chi connectivity index (χ1n) is 6.81. The number of rotatable bonds is 5. The summed E-state index contributed by atoms with van der Waals surface area (Å²) in [5.41, 5.74) is 0.556. The molecule has 0 saturated heterocycles. The summed E-state index contributed by atoms with van der Waals surface area (Å²) in [6.07, 6.45) is 3.91. The molecule has 1 saturated carbocycles. The third-order valence-electron chi connectivity index (χ3n) is 3.35. The lowest BCUT2D eigenvalue weighted by atomic mass is 9.95. The van der Waals surface area contributed by atoms with Gasteiger partial charge in [-0.2, -0.15) is 0 Å². The van der Waals surface area contributed by atoms with E-state index < -0.39 is 6.10 Å². The largest absolute Gasteiger partial charge is 0.490 e. The van der Waals surface area contributed by atoms with Gasteiger partial charge in [0, 0.05) is 5.56 Å². The molecule has 1 aromatic carbocycles. The molecule has 0 heterocycles. The monoisotopic (exact) mass is 264 g/mol. The summed E-state index contributed by atoms with van der Waals surface area (Å²) in [5, 5.41) is 9.93. The quantitative estimate of drug-likeness (QED) is 0.830. The SMILES string of the molecule is CCOc1cc(C=O)ccc1OC1CCCCC1O. The van der Waals surface area contributed by atoms with Gasteiger partial charge in [0.05, 0.1) is 12.7 Å². The number of carbonyl (C=O) groups excluding carboxylic acids is 1. The van der Waals surface area contributed by atoms with Crippen molar-refractivity contribution < 1.29 is 19.4 Å². The Balaban J connectivity index is 2.15. The van der Waals surface area contributed by atoms with E-state index in [2.05, 4.69) is 0 Å². The van der Waals surface area contributed by atoms with Crippen molar-refractivity contribution in [3.8, 4) is 11.5 Å². The van der Waals surface area contributed by atoms with Crippen molar-refractivity contribution in [3.05, 3.63) is 23.8 Å². The van der Waals surface area contributed by atoms with Crippen LogP contribution in [0.25, 0.3) is 0 Å². The lowest BCUT2D eigenvalue weighted by molar-refractivity contribution is 0.00544. The number of benzene rings is 1. The van der Waals surface area contributed by atoms with Crippen molar-refractivity contribution >= 4 is 6.29 Å². The lowest BCUT2D eigenvalue weighted by Gasteiger charge is -2.28. The van der Waals surface area contributed by atoms with Gasteiger partial charge in [-0.3, -0.25) is 4.79 Å². The van der Waals surface area contributed by atoms with Crippen molar-refractivity contribution in [1.82, 2.24) is 0 Å². The van der Waals surface area contributed by atoms with Crippen LogP contribution in [0.4, 0.5) is 0 Å². The minimum absolute atomic E-state index is 0.185. The maximum atomic E-state index is 10.8. The van der Waals surface area contributed by atoms with Crippen LogP contribution in [-0.4, -0.2) is 30.2 Å². The maximum absolute atomic E-state index is 10.8. The summed E-state index contributed by atoms with van der Waals surface area (Å²) in [6.45, 7) is 2.39. The number of aliphatic hydroxyl groups is 1. The number of aliphatic hydroxyl groups excluding tert-OH is 1. The van der Waals surface area contributed by atoms with Crippen LogP contribution in [0.15, 0.2) is 18.2 Å². The minimum Gasteiger partial charge on any atom is -0.490 e. The predicted molar refractivity (Wildman–Crippen MR) is 71.9 cm³/mol. The fourth-order valence-corrected chi connectivity index (χ4v) is 2.34. The van der Waals surface area contributed by atoms with Gasteiger partial charge in [-0.05, 0) is 44.4 Å². The van der Waals surface area contributed by atoms with E-state index in [9.17, 15) is 9.90 Å². The zero-order chi connectivity index (χ0) is 13.7. The van der Waals surface area contributed by atoms with Crippen molar-refractivity contribution in [3.63, 3.8) is 0 Å². The van der Waals surface area contributed by atoms with Crippen molar-refractivity contribution in [2.45, 2.75) is 44.8 Å². The molecular weight excluding hydrogens is 244 g/mol. The molecule has 1 aromatic rings. The first-order chi connectivity index (χ1) is 9.24. The molecule has 0 amide bonds. The van der Waals surface area contributed by atoms with Crippen molar-refractivity contribution in [1.29, 1.82) is 0 Å². The molecule has 0 spiro atoms. The summed E-state index contributed by atoms with van der Waals surface area (Å²) in [6, 6.07) is 5.09. The lowest BCUT2D eigenvalue weighted by Crippen LogP contribution is -2.34. The Bertz CT molecular complexity index is 430. The molecule has 1 fully saturated rings. The van der Waals surface area contributed by atoms with Crippen molar-refractivity contribution in [2.24, 2.45) is 0 Å². The predicted octanol–water partition coefficient (Wildman–Crippen LogP) is 2.58. The van der Waals surface area contributed by atoms with E-state index in [1.54, 1.807) is 18.2 Å². The third kappa shape index (κ3) is 3.47. The molecule has 1 aliphatic rings. The van der Waals surface area contributed by atoms with E-state index in [1.807, 2.05) is 6.92 Å². The zero-order valence-corrected chi connectivity index (χ0v) is 11.2. The highest BCUT2D eigenvalue weighted by Gasteiger charge is 2.25. The Morgan fingerprint density at radius 2 is 2.11 bits per heavy atom. The topological polar surface area (TPSA) is 55.8 Å². The fourth-order valence-electron chi connectivity index (χ4n) is 2.34. The summed E-state index contributed by atoms with van der Waals surface area (Å²) in [5.74, 6) is 1.16. The second-order valence-electron chi connectivity index (χ2n) is 4.77. The molecule has 1 aliphatic carbocycles. The summed E-state index contributed by atoms with van der Waals surface area (Å²) < 4.78 is 11.4. The van der Waals surface area contributed by atoms with Crippen LogP contribution in [-0.2, 0) is 0 Å². The van der Waals surface area contributed by atoms with Crippen LogP contribution in [0, 0.1) is 0 Å². The van der Waals surface area contributed by atoms with E-state index in [0.717, 1.165) is 32.0 Å². The molecule has 0 aliphatic heterocycles.